The third-order valence-corrected chi connectivity index (χ3v) is 7.51. The number of fused-ring (bicyclic) bond motifs is 1. The largest absolute Gasteiger partial charge is 0.486 e. The summed E-state index contributed by atoms with van der Waals surface area (Å²) >= 11 is 6.05. The van der Waals surface area contributed by atoms with Crippen molar-refractivity contribution < 1.29 is 22.7 Å². The minimum Gasteiger partial charge on any atom is -0.486 e. The molecule has 2 heterocycles. The molecule has 0 spiro atoms. The summed E-state index contributed by atoms with van der Waals surface area (Å²) in [6.07, 6.45) is 1.74. The maximum Gasteiger partial charge on any atom is 0.240 e. The van der Waals surface area contributed by atoms with Gasteiger partial charge in [0.05, 0.1) is 4.90 Å². The van der Waals surface area contributed by atoms with Crippen LogP contribution in [0.1, 0.15) is 19.8 Å². The zero-order valence-electron chi connectivity index (χ0n) is 18.4. The van der Waals surface area contributed by atoms with Gasteiger partial charge in [-0.15, -0.1) is 0 Å². The van der Waals surface area contributed by atoms with E-state index in [4.69, 9.17) is 21.1 Å². The number of nitrogens with zero attached hydrogens (tertiary/aromatic N) is 1. The Morgan fingerprint density at radius 2 is 1.85 bits per heavy atom. The first-order chi connectivity index (χ1) is 15.8. The van der Waals surface area contributed by atoms with E-state index >= 15 is 0 Å². The number of nitrogens with one attached hydrogen (secondary N) is 2. The molecule has 0 aliphatic carbocycles. The predicted octanol–water partition coefficient (Wildman–Crippen LogP) is 3.13. The molecule has 2 aromatic rings. The third kappa shape index (κ3) is 6.38. The van der Waals surface area contributed by atoms with Gasteiger partial charge >= 0.3 is 0 Å². The molecule has 2 aromatic carbocycles. The standard InChI is InChI=1S/C23H28ClN3O5S/c1-16(28)26-19-3-5-21(6-4-19)33(29,30)25-13-17-8-10-27(11-9-17)14-20-15-31-22-7-2-18(24)12-23(22)32-20/h2-7,12,17,20,25H,8-11,13-15H2,1H3,(H,26,28)/t20-/m0/s1. The van der Waals surface area contributed by atoms with Gasteiger partial charge in [0.25, 0.3) is 0 Å². The summed E-state index contributed by atoms with van der Waals surface area (Å²) in [7, 11) is -3.60. The van der Waals surface area contributed by atoms with Gasteiger partial charge in [0, 0.05) is 36.8 Å². The molecule has 2 aliphatic rings. The zero-order valence-corrected chi connectivity index (χ0v) is 20.0. The van der Waals surface area contributed by atoms with Crippen LogP contribution in [0.2, 0.25) is 5.02 Å². The molecule has 10 heteroatoms. The summed E-state index contributed by atoms with van der Waals surface area (Å²) in [6.45, 7) is 4.81. The summed E-state index contributed by atoms with van der Waals surface area (Å²) in [5.74, 6) is 1.46. The summed E-state index contributed by atoms with van der Waals surface area (Å²) in [6, 6.07) is 11.5. The molecule has 4 rings (SSSR count). The molecule has 0 unspecified atom stereocenters. The molecule has 1 amide bonds. The van der Waals surface area contributed by atoms with E-state index in [-0.39, 0.29) is 22.8 Å². The number of amides is 1. The second-order valence-electron chi connectivity index (χ2n) is 8.44. The van der Waals surface area contributed by atoms with Gasteiger partial charge in [-0.05, 0) is 68.2 Å². The lowest BCUT2D eigenvalue weighted by molar-refractivity contribution is -0.114. The molecule has 0 saturated carbocycles. The minimum atomic E-state index is -3.60. The van der Waals surface area contributed by atoms with Crippen molar-refractivity contribution in [2.45, 2.75) is 30.8 Å². The molecule has 8 nitrogen and oxygen atoms in total. The van der Waals surface area contributed by atoms with Gasteiger partial charge in [-0.3, -0.25) is 9.69 Å². The number of anilines is 1. The van der Waals surface area contributed by atoms with Gasteiger partial charge in [-0.25, -0.2) is 13.1 Å². The number of rotatable bonds is 7. The number of carbonyl (C=O) groups excluding carboxylic acids is 1. The van der Waals surface area contributed by atoms with Crippen LogP contribution >= 0.6 is 11.6 Å². The lowest BCUT2D eigenvalue weighted by Gasteiger charge is -2.35. The van der Waals surface area contributed by atoms with E-state index in [1.165, 1.54) is 19.1 Å². The van der Waals surface area contributed by atoms with Gasteiger partial charge < -0.3 is 14.8 Å². The zero-order chi connectivity index (χ0) is 23.4. The maximum absolute atomic E-state index is 12.6. The van der Waals surface area contributed by atoms with Crippen LogP contribution in [0.15, 0.2) is 47.4 Å². The van der Waals surface area contributed by atoms with E-state index in [9.17, 15) is 13.2 Å². The van der Waals surface area contributed by atoms with Crippen LogP contribution in [0, 0.1) is 5.92 Å². The van der Waals surface area contributed by atoms with Crippen LogP contribution in [0.4, 0.5) is 5.69 Å². The van der Waals surface area contributed by atoms with Crippen LogP contribution in [0.3, 0.4) is 0 Å². The molecule has 1 saturated heterocycles. The van der Waals surface area contributed by atoms with Gasteiger partial charge in [0.15, 0.2) is 11.5 Å². The summed E-state index contributed by atoms with van der Waals surface area (Å²) < 4.78 is 39.8. The lowest BCUT2D eigenvalue weighted by Crippen LogP contribution is -2.45. The van der Waals surface area contributed by atoms with E-state index in [0.29, 0.717) is 35.4 Å². The molecule has 33 heavy (non-hydrogen) atoms. The summed E-state index contributed by atoms with van der Waals surface area (Å²) in [4.78, 5) is 13.6. The Kier molecular flexibility index (Phi) is 7.43. The topological polar surface area (TPSA) is 97.0 Å². The number of carbonyl (C=O) groups is 1. The van der Waals surface area contributed by atoms with E-state index < -0.39 is 10.0 Å². The van der Waals surface area contributed by atoms with Gasteiger partial charge in [0.1, 0.15) is 12.7 Å². The number of hydrogen-bond donors (Lipinski definition) is 2. The Bertz CT molecular complexity index is 1090. The van der Waals surface area contributed by atoms with Crippen molar-refractivity contribution in [3.8, 4) is 11.5 Å². The van der Waals surface area contributed by atoms with Crippen molar-refractivity contribution in [2.24, 2.45) is 5.92 Å². The van der Waals surface area contributed by atoms with Crippen molar-refractivity contribution in [2.75, 3.05) is 38.1 Å². The van der Waals surface area contributed by atoms with Gasteiger partial charge in [-0.2, -0.15) is 0 Å². The third-order valence-electron chi connectivity index (χ3n) is 5.84. The van der Waals surface area contributed by atoms with Crippen LogP contribution in [0.5, 0.6) is 11.5 Å². The van der Waals surface area contributed by atoms with Crippen molar-refractivity contribution in [1.29, 1.82) is 0 Å². The lowest BCUT2D eigenvalue weighted by atomic mass is 9.97. The highest BCUT2D eigenvalue weighted by Gasteiger charge is 2.27. The number of benzene rings is 2. The van der Waals surface area contributed by atoms with Crippen LogP contribution in [-0.4, -0.2) is 58.1 Å². The second-order valence-corrected chi connectivity index (χ2v) is 10.6. The summed E-state index contributed by atoms with van der Waals surface area (Å²) in [5.41, 5.74) is 0.563. The Morgan fingerprint density at radius 1 is 1.12 bits per heavy atom. The summed E-state index contributed by atoms with van der Waals surface area (Å²) in [5, 5.41) is 3.24. The predicted molar refractivity (Wildman–Crippen MR) is 126 cm³/mol. The number of hydrogen-bond acceptors (Lipinski definition) is 6. The van der Waals surface area contributed by atoms with E-state index in [1.54, 1.807) is 24.3 Å². The minimum absolute atomic E-state index is 0.0634. The maximum atomic E-state index is 12.6. The highest BCUT2D eigenvalue weighted by Crippen LogP contribution is 2.34. The second kappa shape index (κ2) is 10.3. The molecule has 2 N–H and O–H groups in total. The molecule has 1 atom stereocenters. The first-order valence-electron chi connectivity index (χ1n) is 11.0. The van der Waals surface area contributed by atoms with Gasteiger partial charge in [0.2, 0.25) is 15.9 Å². The van der Waals surface area contributed by atoms with Crippen molar-refractivity contribution in [3.63, 3.8) is 0 Å². The molecular formula is C23H28ClN3O5S. The van der Waals surface area contributed by atoms with E-state index in [0.717, 1.165) is 32.5 Å². The van der Waals surface area contributed by atoms with Crippen LogP contribution in [-0.2, 0) is 14.8 Å². The number of sulfonamides is 1. The monoisotopic (exact) mass is 493 g/mol. The number of piperidine rings is 1. The molecule has 0 bridgehead atoms. The fourth-order valence-corrected chi connectivity index (χ4v) is 5.35. The van der Waals surface area contributed by atoms with Gasteiger partial charge in [-0.1, -0.05) is 11.6 Å². The average molecular weight is 494 g/mol. The van der Waals surface area contributed by atoms with Crippen molar-refractivity contribution >= 4 is 33.2 Å². The molecule has 0 radical (unpaired) electrons. The fourth-order valence-electron chi connectivity index (χ4n) is 4.07. The Balaban J connectivity index is 1.22. The van der Waals surface area contributed by atoms with Crippen molar-refractivity contribution in [3.05, 3.63) is 47.5 Å². The number of halogens is 1. The quantitative estimate of drug-likeness (QED) is 0.615. The molecule has 1 fully saturated rings. The Morgan fingerprint density at radius 3 is 2.55 bits per heavy atom. The fraction of sp³-hybridized carbons (Fsp3) is 0.435. The van der Waals surface area contributed by atoms with Crippen LogP contribution < -0.4 is 19.5 Å². The molecular weight excluding hydrogens is 466 g/mol. The van der Waals surface area contributed by atoms with Crippen molar-refractivity contribution in [1.82, 2.24) is 9.62 Å². The highest BCUT2D eigenvalue weighted by molar-refractivity contribution is 7.89. The van der Waals surface area contributed by atoms with E-state index in [2.05, 4.69) is 14.9 Å². The molecule has 0 aromatic heterocycles. The van der Waals surface area contributed by atoms with Crippen LogP contribution in [0.25, 0.3) is 0 Å². The Hall–Kier alpha value is -2.33. The molecule has 2 aliphatic heterocycles. The highest BCUT2D eigenvalue weighted by atomic mass is 35.5. The SMILES string of the molecule is CC(=O)Nc1ccc(S(=O)(=O)NCC2CCN(C[C@H]3COc4ccc(Cl)cc4O3)CC2)cc1. The number of ether oxygens (including phenoxy) is 2. The Labute approximate surface area is 199 Å². The van der Waals surface area contributed by atoms with E-state index in [1.807, 2.05) is 6.07 Å². The molecule has 178 valence electrons. The first kappa shape index (κ1) is 23.8. The average Bonchev–Trinajstić information content (AvgIpc) is 2.78. The number of likely N-dealkylation sites (tertiary alicyclic amines) is 1. The first-order valence-corrected chi connectivity index (χ1v) is 12.8. The normalized spacial score (nSPS) is 19.3. The smallest absolute Gasteiger partial charge is 0.240 e.